The smallest absolute Gasteiger partial charge is 0.137 e. The van der Waals surface area contributed by atoms with Crippen molar-refractivity contribution in [1.82, 2.24) is 18.8 Å². The van der Waals surface area contributed by atoms with Crippen LogP contribution in [0, 0.1) is 0 Å². The number of pyridine rings is 2. The summed E-state index contributed by atoms with van der Waals surface area (Å²) in [5.74, 6) is 0. The Bertz CT molecular complexity index is 2230. The minimum atomic E-state index is -0.197. The molecule has 0 fully saturated rings. The first kappa shape index (κ1) is 25.7. The maximum absolute atomic E-state index is 5.08. The SMILES string of the molecule is CC1(C)c2cc(-c3c(-c4ccccc4)nc4ccccn34)ccc2-c2ccc(-c3c(-c4ccccc4)nc4ccccn34)cc21. The highest BCUT2D eigenvalue weighted by Gasteiger charge is 2.36. The quantitative estimate of drug-likeness (QED) is 0.208. The summed E-state index contributed by atoms with van der Waals surface area (Å²) in [5.41, 5.74) is 15.7. The van der Waals surface area contributed by atoms with Crippen LogP contribution in [0.1, 0.15) is 25.0 Å². The Morgan fingerprint density at radius 2 is 0.867 bits per heavy atom. The number of hydrogen-bond acceptors (Lipinski definition) is 2. The minimum absolute atomic E-state index is 0.197. The van der Waals surface area contributed by atoms with Crippen LogP contribution < -0.4 is 0 Å². The van der Waals surface area contributed by atoms with Crippen LogP contribution in [0.4, 0.5) is 0 Å². The number of rotatable bonds is 4. The fraction of sp³-hybridized carbons (Fsp3) is 0.0732. The van der Waals surface area contributed by atoms with Gasteiger partial charge in [-0.2, -0.15) is 0 Å². The van der Waals surface area contributed by atoms with E-state index in [-0.39, 0.29) is 5.41 Å². The number of hydrogen-bond donors (Lipinski definition) is 0. The third-order valence-corrected chi connectivity index (χ3v) is 9.38. The van der Waals surface area contributed by atoms with Gasteiger partial charge in [0, 0.05) is 40.1 Å². The van der Waals surface area contributed by atoms with E-state index in [2.05, 4.69) is 156 Å². The van der Waals surface area contributed by atoms with Crippen molar-refractivity contribution in [1.29, 1.82) is 0 Å². The average molecular weight is 579 g/mol. The van der Waals surface area contributed by atoms with Gasteiger partial charge in [0.05, 0.1) is 22.8 Å². The average Bonchev–Trinajstić information content (AvgIpc) is 3.74. The monoisotopic (exact) mass is 578 g/mol. The highest BCUT2D eigenvalue weighted by atomic mass is 15.0. The molecule has 9 rings (SSSR count). The number of fused-ring (bicyclic) bond motifs is 5. The van der Waals surface area contributed by atoms with E-state index in [1.165, 1.54) is 33.4 Å². The van der Waals surface area contributed by atoms with Crippen LogP contribution >= 0.6 is 0 Å². The van der Waals surface area contributed by atoms with Crippen molar-refractivity contribution in [3.63, 3.8) is 0 Å². The van der Waals surface area contributed by atoms with Crippen LogP contribution in [0.2, 0.25) is 0 Å². The molecule has 4 aromatic heterocycles. The molecule has 214 valence electrons. The molecule has 4 nitrogen and oxygen atoms in total. The Balaban J connectivity index is 1.21. The number of nitrogens with zero attached hydrogens (tertiary/aromatic N) is 4. The maximum Gasteiger partial charge on any atom is 0.137 e. The molecule has 0 amide bonds. The first-order valence-corrected chi connectivity index (χ1v) is 15.4. The van der Waals surface area contributed by atoms with Gasteiger partial charge in [-0.05, 0) is 58.7 Å². The molecule has 0 spiro atoms. The first-order chi connectivity index (χ1) is 22.1. The standard InChI is InChI=1S/C41H30N4/c1-41(2)33-25-29(39-37(27-13-5-3-6-14-27)42-35-17-9-11-23-44(35)39)19-21-31(33)32-22-20-30(26-34(32)41)40-38(28-15-7-4-8-16-28)43-36-18-10-12-24-45(36)40/h3-26H,1-2H3. The van der Waals surface area contributed by atoms with Gasteiger partial charge in [0.2, 0.25) is 0 Å². The Labute approximate surface area is 261 Å². The van der Waals surface area contributed by atoms with Crippen LogP contribution in [0.15, 0.2) is 146 Å². The van der Waals surface area contributed by atoms with E-state index in [4.69, 9.17) is 9.97 Å². The van der Waals surface area contributed by atoms with E-state index >= 15 is 0 Å². The molecule has 4 aromatic carbocycles. The number of benzene rings is 4. The minimum Gasteiger partial charge on any atom is -0.299 e. The molecule has 1 aliphatic rings. The summed E-state index contributed by atoms with van der Waals surface area (Å²) in [7, 11) is 0. The van der Waals surface area contributed by atoms with Crippen molar-refractivity contribution in [2.45, 2.75) is 19.3 Å². The second kappa shape index (κ2) is 9.63. The topological polar surface area (TPSA) is 34.6 Å². The molecule has 0 N–H and O–H groups in total. The van der Waals surface area contributed by atoms with E-state index in [1.807, 2.05) is 12.1 Å². The van der Waals surface area contributed by atoms with Gasteiger partial charge < -0.3 is 0 Å². The molecule has 0 bridgehead atoms. The van der Waals surface area contributed by atoms with Crippen molar-refractivity contribution in [3.8, 4) is 56.2 Å². The zero-order chi connectivity index (χ0) is 30.1. The molecule has 4 heterocycles. The Hall–Kier alpha value is -5.74. The van der Waals surface area contributed by atoms with Crippen LogP contribution in [0.3, 0.4) is 0 Å². The summed E-state index contributed by atoms with van der Waals surface area (Å²) in [5, 5.41) is 0. The lowest BCUT2D eigenvalue weighted by Crippen LogP contribution is -2.15. The lowest BCUT2D eigenvalue weighted by Gasteiger charge is -2.23. The summed E-state index contributed by atoms with van der Waals surface area (Å²) in [6.45, 7) is 4.70. The van der Waals surface area contributed by atoms with Crippen molar-refractivity contribution in [2.75, 3.05) is 0 Å². The summed E-state index contributed by atoms with van der Waals surface area (Å²) in [6.07, 6.45) is 4.23. The lowest BCUT2D eigenvalue weighted by molar-refractivity contribution is 0.661. The Morgan fingerprint density at radius 3 is 1.31 bits per heavy atom. The van der Waals surface area contributed by atoms with Crippen molar-refractivity contribution in [3.05, 3.63) is 157 Å². The summed E-state index contributed by atoms with van der Waals surface area (Å²) < 4.78 is 4.43. The number of aromatic nitrogens is 4. The zero-order valence-electron chi connectivity index (χ0n) is 25.1. The van der Waals surface area contributed by atoms with Crippen molar-refractivity contribution < 1.29 is 0 Å². The molecule has 0 radical (unpaired) electrons. The molecular weight excluding hydrogens is 548 g/mol. The van der Waals surface area contributed by atoms with Gasteiger partial charge in [-0.3, -0.25) is 8.80 Å². The van der Waals surface area contributed by atoms with Crippen LogP contribution in [-0.2, 0) is 5.41 Å². The second-order valence-corrected chi connectivity index (χ2v) is 12.4. The molecule has 0 unspecified atom stereocenters. The van der Waals surface area contributed by atoms with E-state index in [9.17, 15) is 0 Å². The summed E-state index contributed by atoms with van der Waals surface area (Å²) >= 11 is 0. The van der Waals surface area contributed by atoms with Crippen LogP contribution in [0.5, 0.6) is 0 Å². The highest BCUT2D eigenvalue weighted by Crippen LogP contribution is 2.51. The molecular formula is C41H30N4. The van der Waals surface area contributed by atoms with Gasteiger partial charge in [0.1, 0.15) is 11.3 Å². The van der Waals surface area contributed by atoms with Gasteiger partial charge in [-0.15, -0.1) is 0 Å². The third-order valence-electron chi connectivity index (χ3n) is 9.38. The lowest BCUT2D eigenvalue weighted by atomic mass is 9.81. The van der Waals surface area contributed by atoms with Gasteiger partial charge in [-0.25, -0.2) is 9.97 Å². The molecule has 1 aliphatic carbocycles. The van der Waals surface area contributed by atoms with Gasteiger partial charge in [0.15, 0.2) is 0 Å². The van der Waals surface area contributed by atoms with Gasteiger partial charge in [-0.1, -0.05) is 111 Å². The van der Waals surface area contributed by atoms with Crippen molar-refractivity contribution >= 4 is 11.3 Å². The van der Waals surface area contributed by atoms with Crippen LogP contribution in [0.25, 0.3) is 67.5 Å². The van der Waals surface area contributed by atoms with E-state index in [1.54, 1.807) is 0 Å². The fourth-order valence-electron chi connectivity index (χ4n) is 7.17. The van der Waals surface area contributed by atoms with E-state index in [0.29, 0.717) is 0 Å². The zero-order valence-corrected chi connectivity index (χ0v) is 25.1. The fourth-order valence-corrected chi connectivity index (χ4v) is 7.17. The van der Waals surface area contributed by atoms with Crippen LogP contribution in [-0.4, -0.2) is 18.8 Å². The molecule has 45 heavy (non-hydrogen) atoms. The summed E-state index contributed by atoms with van der Waals surface area (Å²) in [4.78, 5) is 10.2. The van der Waals surface area contributed by atoms with E-state index < -0.39 is 0 Å². The van der Waals surface area contributed by atoms with Crippen molar-refractivity contribution in [2.24, 2.45) is 0 Å². The molecule has 4 heteroatoms. The molecule has 0 saturated heterocycles. The molecule has 0 atom stereocenters. The third kappa shape index (κ3) is 3.85. The van der Waals surface area contributed by atoms with Gasteiger partial charge >= 0.3 is 0 Å². The van der Waals surface area contributed by atoms with Gasteiger partial charge in [0.25, 0.3) is 0 Å². The molecule has 8 aromatic rings. The second-order valence-electron chi connectivity index (χ2n) is 12.4. The number of imidazole rings is 2. The Kier molecular flexibility index (Phi) is 5.51. The normalized spacial score (nSPS) is 13.3. The predicted molar refractivity (Wildman–Crippen MR) is 183 cm³/mol. The maximum atomic E-state index is 5.08. The molecule has 0 aliphatic heterocycles. The molecule has 0 saturated carbocycles. The predicted octanol–water partition coefficient (Wildman–Crippen LogP) is 9.96. The Morgan fingerprint density at radius 1 is 0.444 bits per heavy atom. The summed E-state index contributed by atoms with van der Waals surface area (Å²) in [6, 6.07) is 47.3. The highest BCUT2D eigenvalue weighted by molar-refractivity contribution is 5.90. The first-order valence-electron chi connectivity index (χ1n) is 15.4. The van der Waals surface area contributed by atoms with E-state index in [0.717, 1.165) is 45.2 Å². The largest absolute Gasteiger partial charge is 0.299 e.